The molecule has 0 unspecified atom stereocenters. The van der Waals surface area contributed by atoms with Crippen LogP contribution in [0.3, 0.4) is 0 Å². The molecular formula is C22H28N2O3. The van der Waals surface area contributed by atoms with E-state index in [0.29, 0.717) is 25.0 Å². The maximum absolute atomic E-state index is 6.19. The van der Waals surface area contributed by atoms with Crippen molar-refractivity contribution in [2.24, 2.45) is 18.9 Å². The van der Waals surface area contributed by atoms with Crippen LogP contribution < -0.4 is 4.74 Å². The predicted octanol–water partition coefficient (Wildman–Crippen LogP) is 3.45. The molecule has 1 spiro atoms. The van der Waals surface area contributed by atoms with Gasteiger partial charge >= 0.3 is 0 Å². The maximum atomic E-state index is 6.19. The van der Waals surface area contributed by atoms with Crippen molar-refractivity contribution >= 4 is 0 Å². The van der Waals surface area contributed by atoms with Crippen LogP contribution in [0.1, 0.15) is 43.0 Å². The summed E-state index contributed by atoms with van der Waals surface area (Å²) in [5, 5.41) is 4.98. The van der Waals surface area contributed by atoms with Gasteiger partial charge in [-0.2, -0.15) is 5.10 Å². The Morgan fingerprint density at radius 1 is 1.22 bits per heavy atom. The molecule has 0 amide bonds. The zero-order valence-electron chi connectivity index (χ0n) is 16.4. The fraction of sp³-hybridized carbons (Fsp3) is 0.591. The quantitative estimate of drug-likeness (QED) is 0.814. The number of fused-ring (bicyclic) bond motifs is 3. The second-order valence-corrected chi connectivity index (χ2v) is 8.32. The second-order valence-electron chi connectivity index (χ2n) is 8.32. The summed E-state index contributed by atoms with van der Waals surface area (Å²) in [6.45, 7) is 3.73. The summed E-state index contributed by atoms with van der Waals surface area (Å²) in [7, 11) is 3.77. The van der Waals surface area contributed by atoms with Gasteiger partial charge in [-0.15, -0.1) is 0 Å². The molecule has 0 radical (unpaired) electrons. The van der Waals surface area contributed by atoms with Crippen molar-refractivity contribution in [3.8, 4) is 5.75 Å². The van der Waals surface area contributed by atoms with Crippen molar-refractivity contribution < 1.29 is 14.2 Å². The first kappa shape index (κ1) is 17.3. The van der Waals surface area contributed by atoms with Gasteiger partial charge in [0, 0.05) is 31.0 Å². The Hall–Kier alpha value is -1.85. The first-order valence-electron chi connectivity index (χ1n) is 10.0. The number of methoxy groups -OCH3 is 1. The van der Waals surface area contributed by atoms with Crippen LogP contribution in [0, 0.1) is 11.8 Å². The third-order valence-corrected chi connectivity index (χ3v) is 7.21. The summed E-state index contributed by atoms with van der Waals surface area (Å²) in [5.74, 6) is 1.23. The van der Waals surface area contributed by atoms with E-state index in [2.05, 4.69) is 31.3 Å². The SMILES string of the molecule is COc1cccc([C@]23CCC4(OCCO4)[C@@H](C)[C@@H]2CCc2cn(C)nc23)c1. The topological polar surface area (TPSA) is 45.5 Å². The highest BCUT2D eigenvalue weighted by Crippen LogP contribution is 2.59. The summed E-state index contributed by atoms with van der Waals surface area (Å²) < 4.78 is 19.9. The largest absolute Gasteiger partial charge is 0.497 e. The van der Waals surface area contributed by atoms with Crippen molar-refractivity contribution in [3.63, 3.8) is 0 Å². The molecule has 3 aliphatic rings. The zero-order chi connectivity index (χ0) is 18.6. The standard InChI is InChI=1S/C22H28N2O3/c1-15-19-8-7-16-14-24(2)23-20(16)21(19,9-10-22(15)26-11-12-27-22)17-5-4-6-18(13-17)25-3/h4-6,13-15,19H,7-12H2,1-3H3/t15-,19-,21+/m0/s1. The fourth-order valence-electron chi connectivity index (χ4n) is 5.99. The normalized spacial score (nSPS) is 31.5. The Kier molecular flexibility index (Phi) is 3.89. The van der Waals surface area contributed by atoms with Gasteiger partial charge in [0.05, 0.1) is 26.0 Å². The van der Waals surface area contributed by atoms with E-state index >= 15 is 0 Å². The van der Waals surface area contributed by atoms with E-state index in [1.165, 1.54) is 16.8 Å². The van der Waals surface area contributed by atoms with Gasteiger partial charge in [0.25, 0.3) is 0 Å². The van der Waals surface area contributed by atoms with E-state index < -0.39 is 5.79 Å². The molecule has 0 N–H and O–H groups in total. The van der Waals surface area contributed by atoms with Crippen LogP contribution in [0.4, 0.5) is 0 Å². The number of benzene rings is 1. The first-order chi connectivity index (χ1) is 13.1. The highest BCUT2D eigenvalue weighted by molar-refractivity contribution is 5.46. The molecule has 27 heavy (non-hydrogen) atoms. The Morgan fingerprint density at radius 3 is 2.81 bits per heavy atom. The Morgan fingerprint density at radius 2 is 2.04 bits per heavy atom. The summed E-state index contributed by atoms with van der Waals surface area (Å²) >= 11 is 0. The third-order valence-electron chi connectivity index (χ3n) is 7.21. The number of hydrogen-bond donors (Lipinski definition) is 0. The summed E-state index contributed by atoms with van der Waals surface area (Å²) in [6, 6.07) is 8.58. The molecule has 2 aliphatic carbocycles. The number of rotatable bonds is 2. The minimum Gasteiger partial charge on any atom is -0.497 e. The third kappa shape index (κ3) is 2.34. The van der Waals surface area contributed by atoms with Crippen LogP contribution in [-0.2, 0) is 28.4 Å². The summed E-state index contributed by atoms with van der Waals surface area (Å²) in [6.07, 6.45) is 6.29. The molecule has 1 aromatic heterocycles. The number of hydrogen-bond acceptors (Lipinski definition) is 4. The lowest BCUT2D eigenvalue weighted by Gasteiger charge is -2.55. The lowest BCUT2D eigenvalue weighted by molar-refractivity contribution is -0.232. The van der Waals surface area contributed by atoms with Crippen molar-refractivity contribution in [2.45, 2.75) is 43.8 Å². The lowest BCUT2D eigenvalue weighted by atomic mass is 9.52. The van der Waals surface area contributed by atoms with E-state index in [-0.39, 0.29) is 5.41 Å². The molecule has 2 aromatic rings. The van der Waals surface area contributed by atoms with Crippen molar-refractivity contribution in [1.82, 2.24) is 9.78 Å². The van der Waals surface area contributed by atoms with Crippen LogP contribution in [0.5, 0.6) is 5.75 Å². The number of aryl methyl sites for hydroxylation is 2. The maximum Gasteiger partial charge on any atom is 0.171 e. The van der Waals surface area contributed by atoms with Crippen molar-refractivity contribution in [3.05, 3.63) is 47.3 Å². The zero-order valence-corrected chi connectivity index (χ0v) is 16.4. The van der Waals surface area contributed by atoms with Crippen LogP contribution in [0.15, 0.2) is 30.5 Å². The highest BCUT2D eigenvalue weighted by atomic mass is 16.7. The van der Waals surface area contributed by atoms with E-state index in [4.69, 9.17) is 19.3 Å². The van der Waals surface area contributed by atoms with E-state index in [9.17, 15) is 0 Å². The van der Waals surface area contributed by atoms with Crippen LogP contribution >= 0.6 is 0 Å². The van der Waals surface area contributed by atoms with Gasteiger partial charge in [0.1, 0.15) is 5.75 Å². The predicted molar refractivity (Wildman–Crippen MR) is 102 cm³/mol. The highest BCUT2D eigenvalue weighted by Gasteiger charge is 2.60. The minimum absolute atomic E-state index is 0.108. The molecule has 2 heterocycles. The number of ether oxygens (including phenoxy) is 3. The van der Waals surface area contributed by atoms with Crippen molar-refractivity contribution in [1.29, 1.82) is 0 Å². The smallest absolute Gasteiger partial charge is 0.171 e. The van der Waals surface area contributed by atoms with E-state index in [0.717, 1.165) is 31.4 Å². The molecular weight excluding hydrogens is 340 g/mol. The van der Waals surface area contributed by atoms with Gasteiger partial charge < -0.3 is 14.2 Å². The molecule has 1 saturated carbocycles. The molecule has 1 saturated heterocycles. The monoisotopic (exact) mass is 368 g/mol. The van der Waals surface area contributed by atoms with Crippen LogP contribution in [-0.4, -0.2) is 35.9 Å². The molecule has 1 aliphatic heterocycles. The van der Waals surface area contributed by atoms with Gasteiger partial charge in [0.15, 0.2) is 5.79 Å². The van der Waals surface area contributed by atoms with E-state index in [1.807, 2.05) is 17.8 Å². The fourth-order valence-corrected chi connectivity index (χ4v) is 5.99. The average Bonchev–Trinajstić information content (AvgIpc) is 3.31. The van der Waals surface area contributed by atoms with Gasteiger partial charge in [-0.25, -0.2) is 0 Å². The molecule has 5 heteroatoms. The Bertz CT molecular complexity index is 855. The second kappa shape index (κ2) is 6.08. The molecule has 144 valence electrons. The van der Waals surface area contributed by atoms with E-state index in [1.54, 1.807) is 7.11 Å². The minimum atomic E-state index is -0.417. The van der Waals surface area contributed by atoms with Crippen LogP contribution in [0.25, 0.3) is 0 Å². The molecule has 1 aromatic carbocycles. The number of nitrogens with zero attached hydrogens (tertiary/aromatic N) is 2. The van der Waals surface area contributed by atoms with Gasteiger partial charge in [-0.3, -0.25) is 4.68 Å². The van der Waals surface area contributed by atoms with Crippen molar-refractivity contribution in [2.75, 3.05) is 20.3 Å². The molecule has 0 bridgehead atoms. The molecule has 2 fully saturated rings. The first-order valence-corrected chi connectivity index (χ1v) is 10.0. The van der Waals surface area contributed by atoms with Crippen LogP contribution in [0.2, 0.25) is 0 Å². The summed E-state index contributed by atoms with van der Waals surface area (Å²) in [4.78, 5) is 0. The molecule has 3 atom stereocenters. The number of aromatic nitrogens is 2. The molecule has 5 rings (SSSR count). The van der Waals surface area contributed by atoms with Gasteiger partial charge in [0.2, 0.25) is 0 Å². The average molecular weight is 368 g/mol. The Labute approximate surface area is 160 Å². The summed E-state index contributed by atoms with van der Waals surface area (Å²) in [5.41, 5.74) is 3.83. The Balaban J connectivity index is 1.69. The lowest BCUT2D eigenvalue weighted by Crippen LogP contribution is -2.56. The molecule has 5 nitrogen and oxygen atoms in total. The van der Waals surface area contributed by atoms with Gasteiger partial charge in [-0.1, -0.05) is 19.1 Å². The van der Waals surface area contributed by atoms with Gasteiger partial charge in [-0.05, 0) is 48.4 Å².